The maximum Gasteiger partial charge on any atom is 0.255 e. The summed E-state index contributed by atoms with van der Waals surface area (Å²) in [6.07, 6.45) is 3.97. The van der Waals surface area contributed by atoms with Gasteiger partial charge in [-0.15, -0.1) is 0 Å². The summed E-state index contributed by atoms with van der Waals surface area (Å²) >= 11 is 0. The molecule has 6 heteroatoms. The largest absolute Gasteiger partial charge is 0.368 e. The van der Waals surface area contributed by atoms with Gasteiger partial charge in [0.05, 0.1) is 11.1 Å². The van der Waals surface area contributed by atoms with Crippen LogP contribution in [0.2, 0.25) is 0 Å². The molecule has 0 aliphatic carbocycles. The quantitative estimate of drug-likeness (QED) is 0.818. The molecule has 1 aromatic carbocycles. The van der Waals surface area contributed by atoms with E-state index in [-0.39, 0.29) is 11.8 Å². The molecule has 6 nitrogen and oxygen atoms in total. The molecule has 1 aliphatic heterocycles. The van der Waals surface area contributed by atoms with Gasteiger partial charge in [-0.1, -0.05) is 26.0 Å². The van der Waals surface area contributed by atoms with Crippen LogP contribution in [0.25, 0.3) is 0 Å². The Morgan fingerprint density at radius 1 is 1.07 bits per heavy atom. The summed E-state index contributed by atoms with van der Waals surface area (Å²) in [4.78, 5) is 33.5. The van der Waals surface area contributed by atoms with E-state index in [0.29, 0.717) is 36.7 Å². The lowest BCUT2D eigenvalue weighted by molar-refractivity contribution is 0.0746. The second-order valence-corrected chi connectivity index (χ2v) is 8.02. The van der Waals surface area contributed by atoms with Gasteiger partial charge in [-0.3, -0.25) is 14.6 Å². The van der Waals surface area contributed by atoms with Gasteiger partial charge >= 0.3 is 0 Å². The first-order valence-corrected chi connectivity index (χ1v) is 10.3. The normalized spacial score (nSPS) is 14.2. The van der Waals surface area contributed by atoms with E-state index in [1.807, 2.05) is 4.90 Å². The minimum Gasteiger partial charge on any atom is -0.368 e. The Labute approximate surface area is 172 Å². The van der Waals surface area contributed by atoms with Crippen molar-refractivity contribution < 1.29 is 9.59 Å². The summed E-state index contributed by atoms with van der Waals surface area (Å²) in [6.45, 7) is 9.82. The average molecular weight is 395 g/mol. The lowest BCUT2D eigenvalue weighted by Gasteiger charge is -2.36. The lowest BCUT2D eigenvalue weighted by atomic mass is 10.1. The van der Waals surface area contributed by atoms with Gasteiger partial charge in [0.25, 0.3) is 11.8 Å². The molecule has 3 rings (SSSR count). The number of rotatable bonds is 6. The van der Waals surface area contributed by atoms with E-state index in [4.69, 9.17) is 0 Å². The SMILES string of the molecule is Cc1cccc(N2CCN(C(=O)c3cncc(C(=O)NCCC(C)C)c3)CC2)c1. The first-order chi connectivity index (χ1) is 13.9. The fourth-order valence-electron chi connectivity index (χ4n) is 3.43. The molecule has 1 saturated heterocycles. The molecule has 2 heterocycles. The molecule has 0 spiro atoms. The molecule has 2 amide bonds. The van der Waals surface area contributed by atoms with E-state index in [9.17, 15) is 9.59 Å². The number of amides is 2. The fourth-order valence-corrected chi connectivity index (χ4v) is 3.43. The van der Waals surface area contributed by atoms with Gasteiger partial charge in [0.2, 0.25) is 0 Å². The van der Waals surface area contributed by atoms with Crippen molar-refractivity contribution in [1.82, 2.24) is 15.2 Å². The molecule has 29 heavy (non-hydrogen) atoms. The van der Waals surface area contributed by atoms with Crippen LogP contribution < -0.4 is 10.2 Å². The Hall–Kier alpha value is -2.89. The van der Waals surface area contributed by atoms with Crippen LogP contribution in [0.3, 0.4) is 0 Å². The third-order valence-corrected chi connectivity index (χ3v) is 5.19. The summed E-state index contributed by atoms with van der Waals surface area (Å²) < 4.78 is 0. The van der Waals surface area contributed by atoms with Crippen LogP contribution in [0.15, 0.2) is 42.7 Å². The number of carbonyl (C=O) groups is 2. The molecule has 1 fully saturated rings. The highest BCUT2D eigenvalue weighted by atomic mass is 16.2. The minimum absolute atomic E-state index is 0.0711. The van der Waals surface area contributed by atoms with E-state index in [2.05, 4.69) is 60.2 Å². The smallest absolute Gasteiger partial charge is 0.255 e. The Bertz CT molecular complexity index is 857. The Morgan fingerprint density at radius 3 is 2.48 bits per heavy atom. The number of hydrogen-bond donors (Lipinski definition) is 1. The van der Waals surface area contributed by atoms with Crippen LogP contribution in [0.1, 0.15) is 46.5 Å². The highest BCUT2D eigenvalue weighted by molar-refractivity contribution is 5.99. The van der Waals surface area contributed by atoms with Crippen molar-refractivity contribution in [3.8, 4) is 0 Å². The summed E-state index contributed by atoms with van der Waals surface area (Å²) in [5, 5.41) is 2.89. The summed E-state index contributed by atoms with van der Waals surface area (Å²) in [5.74, 6) is 0.273. The van der Waals surface area contributed by atoms with E-state index in [0.717, 1.165) is 19.5 Å². The summed E-state index contributed by atoms with van der Waals surface area (Å²) in [6, 6.07) is 10.1. The molecule has 0 unspecified atom stereocenters. The first-order valence-electron chi connectivity index (χ1n) is 10.3. The maximum absolute atomic E-state index is 12.9. The van der Waals surface area contributed by atoms with Crippen molar-refractivity contribution in [3.05, 3.63) is 59.4 Å². The number of pyridine rings is 1. The third kappa shape index (κ3) is 5.56. The van der Waals surface area contributed by atoms with Gasteiger partial charge in [-0.25, -0.2) is 0 Å². The van der Waals surface area contributed by atoms with Crippen LogP contribution in [-0.2, 0) is 0 Å². The fraction of sp³-hybridized carbons (Fsp3) is 0.435. The predicted octanol–water partition coefficient (Wildman–Crippen LogP) is 3.13. The number of nitrogens with one attached hydrogen (secondary N) is 1. The molecule has 0 saturated carbocycles. The number of piperazine rings is 1. The number of benzene rings is 1. The second-order valence-electron chi connectivity index (χ2n) is 8.02. The van der Waals surface area contributed by atoms with Crippen LogP contribution in [0, 0.1) is 12.8 Å². The molecule has 154 valence electrons. The molecule has 1 N–H and O–H groups in total. The Balaban J connectivity index is 1.59. The number of carbonyl (C=O) groups excluding carboxylic acids is 2. The Morgan fingerprint density at radius 2 is 1.79 bits per heavy atom. The number of hydrogen-bond acceptors (Lipinski definition) is 4. The van der Waals surface area contributed by atoms with E-state index in [1.54, 1.807) is 12.3 Å². The zero-order valence-corrected chi connectivity index (χ0v) is 17.5. The van der Waals surface area contributed by atoms with E-state index < -0.39 is 0 Å². The Kier molecular flexibility index (Phi) is 6.86. The maximum atomic E-state index is 12.9. The summed E-state index contributed by atoms with van der Waals surface area (Å²) in [5.41, 5.74) is 3.32. The van der Waals surface area contributed by atoms with Crippen molar-refractivity contribution in [3.63, 3.8) is 0 Å². The van der Waals surface area contributed by atoms with Crippen molar-refractivity contribution >= 4 is 17.5 Å². The van der Waals surface area contributed by atoms with Crippen LogP contribution >= 0.6 is 0 Å². The topological polar surface area (TPSA) is 65.5 Å². The number of aryl methyl sites for hydroxylation is 1. The van der Waals surface area contributed by atoms with Crippen LogP contribution in [0.4, 0.5) is 5.69 Å². The van der Waals surface area contributed by atoms with Crippen molar-refractivity contribution in [2.75, 3.05) is 37.6 Å². The molecule has 2 aromatic rings. The zero-order chi connectivity index (χ0) is 20.8. The number of aromatic nitrogens is 1. The lowest BCUT2D eigenvalue weighted by Crippen LogP contribution is -2.48. The van der Waals surface area contributed by atoms with Gasteiger partial charge < -0.3 is 15.1 Å². The predicted molar refractivity (Wildman–Crippen MR) is 115 cm³/mol. The van der Waals surface area contributed by atoms with Crippen molar-refractivity contribution in [2.45, 2.75) is 27.2 Å². The zero-order valence-electron chi connectivity index (χ0n) is 17.5. The molecular weight excluding hydrogens is 364 g/mol. The molecule has 0 radical (unpaired) electrons. The highest BCUT2D eigenvalue weighted by Crippen LogP contribution is 2.18. The van der Waals surface area contributed by atoms with Gasteiger partial charge in [-0.05, 0) is 43.0 Å². The molecule has 0 atom stereocenters. The van der Waals surface area contributed by atoms with Gasteiger partial charge in [-0.2, -0.15) is 0 Å². The van der Waals surface area contributed by atoms with E-state index >= 15 is 0 Å². The monoisotopic (exact) mass is 394 g/mol. The number of nitrogens with zero attached hydrogens (tertiary/aromatic N) is 3. The van der Waals surface area contributed by atoms with Crippen molar-refractivity contribution in [1.29, 1.82) is 0 Å². The molecular formula is C23H30N4O2. The van der Waals surface area contributed by atoms with Crippen LogP contribution in [-0.4, -0.2) is 54.4 Å². The standard InChI is InChI=1S/C23H30N4O2/c1-17(2)7-8-25-22(28)19-14-20(16-24-15-19)23(29)27-11-9-26(10-12-27)21-6-4-5-18(3)13-21/h4-6,13-17H,7-12H2,1-3H3,(H,25,28). The van der Waals surface area contributed by atoms with Gasteiger partial charge in [0.1, 0.15) is 0 Å². The van der Waals surface area contributed by atoms with Gasteiger partial charge in [0, 0.05) is 50.8 Å². The van der Waals surface area contributed by atoms with Gasteiger partial charge in [0.15, 0.2) is 0 Å². The second kappa shape index (κ2) is 9.54. The van der Waals surface area contributed by atoms with Crippen LogP contribution in [0.5, 0.6) is 0 Å². The van der Waals surface area contributed by atoms with Crippen molar-refractivity contribution in [2.24, 2.45) is 5.92 Å². The highest BCUT2D eigenvalue weighted by Gasteiger charge is 2.23. The average Bonchev–Trinajstić information content (AvgIpc) is 2.73. The molecule has 1 aromatic heterocycles. The summed E-state index contributed by atoms with van der Waals surface area (Å²) in [7, 11) is 0. The molecule has 1 aliphatic rings. The number of anilines is 1. The minimum atomic E-state index is -0.183. The van der Waals surface area contributed by atoms with E-state index in [1.165, 1.54) is 17.4 Å². The first kappa shape index (κ1) is 20.8. The molecule has 0 bridgehead atoms. The third-order valence-electron chi connectivity index (χ3n) is 5.19.